The fourth-order valence-electron chi connectivity index (χ4n) is 2.26. The molecule has 1 aromatic heterocycles. The Hall–Kier alpha value is -3.55. The Morgan fingerprint density at radius 1 is 1.00 bits per heavy atom. The molecule has 0 unspecified atom stereocenters. The van der Waals surface area contributed by atoms with Gasteiger partial charge in [0.1, 0.15) is 11.6 Å². The van der Waals surface area contributed by atoms with Crippen molar-refractivity contribution >= 4 is 17.4 Å². The van der Waals surface area contributed by atoms with E-state index < -0.39 is 17.7 Å². The van der Waals surface area contributed by atoms with Crippen molar-refractivity contribution in [1.29, 1.82) is 0 Å². The van der Waals surface area contributed by atoms with E-state index in [1.54, 1.807) is 37.4 Å². The first-order chi connectivity index (χ1) is 12.4. The SMILES string of the molecule is Cn1nc(-c2ccc(NC(=O)Nc3ccc(F)cc3F)cc2)ccc1=O. The van der Waals surface area contributed by atoms with Gasteiger partial charge in [0.15, 0.2) is 0 Å². The second-order valence-corrected chi connectivity index (χ2v) is 5.46. The molecule has 3 aromatic rings. The highest BCUT2D eigenvalue weighted by molar-refractivity contribution is 5.99. The molecule has 1 heterocycles. The van der Waals surface area contributed by atoms with E-state index in [1.165, 1.54) is 10.7 Å². The number of amides is 2. The lowest BCUT2D eigenvalue weighted by molar-refractivity contribution is 0.262. The molecule has 0 bridgehead atoms. The summed E-state index contributed by atoms with van der Waals surface area (Å²) in [6.45, 7) is 0. The number of nitrogens with one attached hydrogen (secondary N) is 2. The second-order valence-electron chi connectivity index (χ2n) is 5.46. The highest BCUT2D eigenvalue weighted by Crippen LogP contribution is 2.19. The van der Waals surface area contributed by atoms with Gasteiger partial charge in [-0.25, -0.2) is 18.3 Å². The smallest absolute Gasteiger partial charge is 0.308 e. The molecule has 0 fully saturated rings. The molecule has 2 N–H and O–H groups in total. The number of urea groups is 1. The van der Waals surface area contributed by atoms with E-state index in [0.717, 1.165) is 17.7 Å². The van der Waals surface area contributed by atoms with Crippen molar-refractivity contribution in [2.24, 2.45) is 7.05 Å². The summed E-state index contributed by atoms with van der Waals surface area (Å²) in [5.41, 5.74) is 1.50. The van der Waals surface area contributed by atoms with Crippen LogP contribution < -0.4 is 16.2 Å². The molecule has 2 aromatic carbocycles. The van der Waals surface area contributed by atoms with Gasteiger partial charge in [-0.15, -0.1) is 0 Å². The predicted molar refractivity (Wildman–Crippen MR) is 93.9 cm³/mol. The molecular weight excluding hydrogens is 342 g/mol. The van der Waals surface area contributed by atoms with Crippen LogP contribution in [0.1, 0.15) is 0 Å². The van der Waals surface area contributed by atoms with Crippen molar-refractivity contribution in [3.05, 3.63) is 76.6 Å². The summed E-state index contributed by atoms with van der Waals surface area (Å²) in [6, 6.07) is 12.0. The van der Waals surface area contributed by atoms with Crippen LogP contribution in [0.25, 0.3) is 11.3 Å². The molecule has 3 rings (SSSR count). The maximum atomic E-state index is 13.5. The number of carbonyl (C=O) groups is 1. The monoisotopic (exact) mass is 356 g/mol. The molecule has 0 aliphatic rings. The summed E-state index contributed by atoms with van der Waals surface area (Å²) >= 11 is 0. The first-order valence-corrected chi connectivity index (χ1v) is 7.60. The lowest BCUT2D eigenvalue weighted by Gasteiger charge is -2.09. The molecule has 26 heavy (non-hydrogen) atoms. The van der Waals surface area contributed by atoms with E-state index in [4.69, 9.17) is 0 Å². The number of benzene rings is 2. The lowest BCUT2D eigenvalue weighted by Crippen LogP contribution is -2.20. The lowest BCUT2D eigenvalue weighted by atomic mass is 10.1. The zero-order valence-electron chi connectivity index (χ0n) is 13.7. The van der Waals surface area contributed by atoms with Crippen molar-refractivity contribution in [3.8, 4) is 11.3 Å². The fraction of sp³-hybridized carbons (Fsp3) is 0.0556. The number of hydrogen-bond acceptors (Lipinski definition) is 3. The summed E-state index contributed by atoms with van der Waals surface area (Å²) in [7, 11) is 1.56. The van der Waals surface area contributed by atoms with Gasteiger partial charge in [0.05, 0.1) is 11.4 Å². The van der Waals surface area contributed by atoms with Gasteiger partial charge < -0.3 is 10.6 Å². The van der Waals surface area contributed by atoms with Gasteiger partial charge in [-0.3, -0.25) is 4.79 Å². The summed E-state index contributed by atoms with van der Waals surface area (Å²) < 4.78 is 27.6. The standard InChI is InChI=1S/C18H14F2N4O2/c1-24-17(25)9-8-15(23-24)11-2-5-13(6-3-11)21-18(26)22-16-7-4-12(19)10-14(16)20/h2-10H,1H3,(H2,21,22,26). The Morgan fingerprint density at radius 3 is 2.38 bits per heavy atom. The minimum absolute atomic E-state index is 0.130. The number of nitrogens with zero attached hydrogens (tertiary/aromatic N) is 2. The molecule has 0 saturated heterocycles. The van der Waals surface area contributed by atoms with Crippen LogP contribution in [0.4, 0.5) is 25.0 Å². The van der Waals surface area contributed by atoms with Gasteiger partial charge in [0.25, 0.3) is 5.56 Å². The number of carbonyl (C=O) groups excluding carboxylic acids is 1. The van der Waals surface area contributed by atoms with Crippen LogP contribution in [0.2, 0.25) is 0 Å². The number of aryl methyl sites for hydroxylation is 1. The number of aromatic nitrogens is 2. The van der Waals surface area contributed by atoms with Crippen LogP contribution in [0, 0.1) is 11.6 Å². The van der Waals surface area contributed by atoms with Crippen LogP contribution >= 0.6 is 0 Å². The summed E-state index contributed by atoms with van der Waals surface area (Å²) in [4.78, 5) is 23.3. The average Bonchev–Trinajstić information content (AvgIpc) is 2.60. The molecule has 0 radical (unpaired) electrons. The largest absolute Gasteiger partial charge is 0.323 e. The summed E-state index contributed by atoms with van der Waals surface area (Å²) in [6.07, 6.45) is 0. The van der Waals surface area contributed by atoms with E-state index in [0.29, 0.717) is 17.4 Å². The zero-order valence-corrected chi connectivity index (χ0v) is 13.7. The van der Waals surface area contributed by atoms with Crippen molar-refractivity contribution in [2.75, 3.05) is 10.6 Å². The normalized spacial score (nSPS) is 10.4. The van der Waals surface area contributed by atoms with Gasteiger partial charge in [0.2, 0.25) is 0 Å². The van der Waals surface area contributed by atoms with Crippen LogP contribution in [0.15, 0.2) is 59.4 Å². The molecule has 0 saturated carbocycles. The zero-order chi connectivity index (χ0) is 18.7. The van der Waals surface area contributed by atoms with Crippen molar-refractivity contribution in [2.45, 2.75) is 0 Å². The van der Waals surface area contributed by atoms with Crippen LogP contribution in [-0.2, 0) is 7.05 Å². The minimum Gasteiger partial charge on any atom is -0.308 e. The number of halogens is 2. The molecule has 2 amide bonds. The predicted octanol–water partition coefficient (Wildman–Crippen LogP) is 3.37. The molecule has 132 valence electrons. The average molecular weight is 356 g/mol. The number of rotatable bonds is 3. The molecule has 0 aliphatic heterocycles. The van der Waals surface area contributed by atoms with Crippen molar-refractivity contribution in [3.63, 3.8) is 0 Å². The van der Waals surface area contributed by atoms with E-state index in [9.17, 15) is 18.4 Å². The van der Waals surface area contributed by atoms with Gasteiger partial charge in [-0.2, -0.15) is 5.10 Å². The molecular formula is C18H14F2N4O2. The molecule has 0 aliphatic carbocycles. The van der Waals surface area contributed by atoms with Gasteiger partial charge in [0, 0.05) is 30.4 Å². The Morgan fingerprint density at radius 2 is 1.73 bits per heavy atom. The first kappa shape index (κ1) is 17.3. The third-order valence-corrected chi connectivity index (χ3v) is 3.58. The van der Waals surface area contributed by atoms with Gasteiger partial charge in [-0.1, -0.05) is 12.1 Å². The third kappa shape index (κ3) is 3.92. The van der Waals surface area contributed by atoms with E-state index in [2.05, 4.69) is 15.7 Å². The Kier molecular flexibility index (Phi) is 4.74. The molecule has 0 spiro atoms. The van der Waals surface area contributed by atoms with Crippen LogP contribution in [0.5, 0.6) is 0 Å². The van der Waals surface area contributed by atoms with Gasteiger partial charge in [-0.05, 0) is 30.3 Å². The highest BCUT2D eigenvalue weighted by Gasteiger charge is 2.08. The number of hydrogen-bond donors (Lipinski definition) is 2. The minimum atomic E-state index is -0.865. The molecule has 0 atom stereocenters. The fourth-order valence-corrected chi connectivity index (χ4v) is 2.26. The Labute approximate surface area is 147 Å². The van der Waals surface area contributed by atoms with Crippen molar-refractivity contribution in [1.82, 2.24) is 9.78 Å². The first-order valence-electron chi connectivity index (χ1n) is 7.60. The number of anilines is 2. The topological polar surface area (TPSA) is 76.0 Å². The third-order valence-electron chi connectivity index (χ3n) is 3.58. The van der Waals surface area contributed by atoms with E-state index >= 15 is 0 Å². The van der Waals surface area contributed by atoms with Crippen LogP contribution in [-0.4, -0.2) is 15.8 Å². The molecule has 6 nitrogen and oxygen atoms in total. The Balaban J connectivity index is 1.69. The van der Waals surface area contributed by atoms with E-state index in [-0.39, 0.29) is 11.2 Å². The van der Waals surface area contributed by atoms with Gasteiger partial charge >= 0.3 is 6.03 Å². The summed E-state index contributed by atoms with van der Waals surface area (Å²) in [5.74, 6) is -1.59. The summed E-state index contributed by atoms with van der Waals surface area (Å²) in [5, 5.41) is 8.99. The molecule has 8 heteroatoms. The maximum absolute atomic E-state index is 13.5. The maximum Gasteiger partial charge on any atom is 0.323 e. The second kappa shape index (κ2) is 7.14. The van der Waals surface area contributed by atoms with Crippen LogP contribution in [0.3, 0.4) is 0 Å². The highest BCUT2D eigenvalue weighted by atomic mass is 19.1. The Bertz CT molecular complexity index is 1020. The quantitative estimate of drug-likeness (QED) is 0.755. The van der Waals surface area contributed by atoms with E-state index in [1.807, 2.05) is 0 Å². The van der Waals surface area contributed by atoms with Crippen molar-refractivity contribution < 1.29 is 13.6 Å².